The molecule has 0 N–H and O–H groups in total. The predicted molar refractivity (Wildman–Crippen MR) is 116 cm³/mol. The van der Waals surface area contributed by atoms with Crippen molar-refractivity contribution < 1.29 is 27.1 Å². The Morgan fingerprint density at radius 1 is 1.23 bits per heavy atom. The lowest BCUT2D eigenvalue weighted by Gasteiger charge is -2.30. The zero-order valence-electron chi connectivity index (χ0n) is 18.1. The number of hydrogen-bond acceptors (Lipinski definition) is 6. The van der Waals surface area contributed by atoms with Crippen LogP contribution < -0.4 is 9.47 Å². The fourth-order valence-corrected chi connectivity index (χ4v) is 5.89. The number of carbonyl (C=O) groups excluding carboxylic acids is 1. The molecule has 1 saturated carbocycles. The molecule has 0 bridgehead atoms. The minimum atomic E-state index is -3.15. The number of para-hydroxylation sites is 2. The van der Waals surface area contributed by atoms with Crippen LogP contribution in [0.5, 0.6) is 11.5 Å². The Morgan fingerprint density at radius 3 is 2.55 bits per heavy atom. The Bertz CT molecular complexity index is 1050. The molecular weight excluding hydrogens is 418 g/mol. The molecule has 1 aliphatic heterocycles. The molecule has 1 aromatic carbocycles. The molecule has 4 unspecified atom stereocenters. The fourth-order valence-electron chi connectivity index (χ4n) is 4.16. The van der Waals surface area contributed by atoms with Gasteiger partial charge in [-0.05, 0) is 49.9 Å². The van der Waals surface area contributed by atoms with E-state index in [0.717, 1.165) is 12.2 Å². The molecule has 1 saturated heterocycles. The summed E-state index contributed by atoms with van der Waals surface area (Å²) in [4.78, 5) is 15.0. The van der Waals surface area contributed by atoms with Gasteiger partial charge < -0.3 is 18.8 Å². The first-order valence-electron chi connectivity index (χ1n) is 10.7. The molecule has 4 rings (SSSR count). The Morgan fingerprint density at radius 2 is 1.94 bits per heavy atom. The van der Waals surface area contributed by atoms with Crippen LogP contribution in [0, 0.1) is 5.92 Å². The van der Waals surface area contributed by atoms with Gasteiger partial charge in [-0.2, -0.15) is 0 Å². The maximum absolute atomic E-state index is 13.4. The third-order valence-electron chi connectivity index (χ3n) is 6.14. The second-order valence-electron chi connectivity index (χ2n) is 8.56. The highest BCUT2D eigenvalue weighted by molar-refractivity contribution is 7.91. The van der Waals surface area contributed by atoms with Crippen molar-refractivity contribution in [3.8, 4) is 11.5 Å². The van der Waals surface area contributed by atoms with E-state index in [2.05, 4.69) is 6.92 Å². The summed E-state index contributed by atoms with van der Waals surface area (Å²) in [7, 11) is -1.61. The number of sulfone groups is 1. The highest BCUT2D eigenvalue weighted by Gasteiger charge is 2.39. The molecule has 2 heterocycles. The van der Waals surface area contributed by atoms with Crippen LogP contribution >= 0.6 is 0 Å². The molecule has 0 spiro atoms. The number of carbonyl (C=O) groups is 1. The molecule has 4 atom stereocenters. The first-order chi connectivity index (χ1) is 14.8. The van der Waals surface area contributed by atoms with Crippen molar-refractivity contribution in [1.82, 2.24) is 4.90 Å². The molecule has 7 nitrogen and oxygen atoms in total. The van der Waals surface area contributed by atoms with Crippen molar-refractivity contribution in [2.45, 2.75) is 51.3 Å². The fraction of sp³-hybridized carbons (Fsp3) is 0.522. The highest BCUT2D eigenvalue weighted by atomic mass is 32.2. The minimum Gasteiger partial charge on any atom is -0.493 e. The number of methoxy groups -OCH3 is 1. The molecule has 168 valence electrons. The van der Waals surface area contributed by atoms with Gasteiger partial charge in [-0.15, -0.1) is 0 Å². The molecule has 31 heavy (non-hydrogen) atoms. The van der Waals surface area contributed by atoms with Crippen LogP contribution in [0.2, 0.25) is 0 Å². The van der Waals surface area contributed by atoms with Gasteiger partial charge in [0.15, 0.2) is 27.4 Å². The molecule has 1 aliphatic carbocycles. The summed E-state index contributed by atoms with van der Waals surface area (Å²) in [5, 5.41) is 0. The standard InChI is InChI=1S/C23H29NO6S/c1-15-12-19(15)20-9-8-18(30-20)13-24(17-10-11-31(26,27)14-17)23(25)16(2)29-22-7-5-4-6-21(22)28-3/h4-9,15-17,19H,10-14H2,1-3H3. The third-order valence-corrected chi connectivity index (χ3v) is 7.89. The van der Waals surface area contributed by atoms with E-state index in [0.29, 0.717) is 35.5 Å². The van der Waals surface area contributed by atoms with Crippen molar-refractivity contribution in [2.24, 2.45) is 5.92 Å². The van der Waals surface area contributed by atoms with Gasteiger partial charge in [0.05, 0.1) is 25.2 Å². The maximum atomic E-state index is 13.4. The second-order valence-corrected chi connectivity index (χ2v) is 10.8. The lowest BCUT2D eigenvalue weighted by Crippen LogP contribution is -2.46. The average molecular weight is 448 g/mol. The number of ether oxygens (including phenoxy) is 2. The van der Waals surface area contributed by atoms with E-state index in [4.69, 9.17) is 13.9 Å². The van der Waals surface area contributed by atoms with Crippen LogP contribution in [-0.4, -0.2) is 50.0 Å². The monoisotopic (exact) mass is 447 g/mol. The van der Waals surface area contributed by atoms with Crippen molar-refractivity contribution in [2.75, 3.05) is 18.6 Å². The summed E-state index contributed by atoms with van der Waals surface area (Å²) in [6, 6.07) is 10.6. The van der Waals surface area contributed by atoms with Crippen LogP contribution in [0.3, 0.4) is 0 Å². The largest absolute Gasteiger partial charge is 0.493 e. The number of furan rings is 1. The van der Waals surface area contributed by atoms with E-state index in [1.807, 2.05) is 18.2 Å². The Kier molecular flexibility index (Phi) is 6.01. The quantitative estimate of drug-likeness (QED) is 0.617. The minimum absolute atomic E-state index is 0.0344. The molecule has 8 heteroatoms. The van der Waals surface area contributed by atoms with Crippen molar-refractivity contribution in [1.29, 1.82) is 0 Å². The lowest BCUT2D eigenvalue weighted by molar-refractivity contribution is -0.141. The van der Waals surface area contributed by atoms with E-state index in [1.165, 1.54) is 0 Å². The normalized spacial score (nSPS) is 25.1. The first-order valence-corrected chi connectivity index (χ1v) is 12.5. The Balaban J connectivity index is 1.53. The van der Waals surface area contributed by atoms with Gasteiger partial charge >= 0.3 is 0 Å². The second kappa shape index (κ2) is 8.57. The topological polar surface area (TPSA) is 86.1 Å². The van der Waals surface area contributed by atoms with E-state index >= 15 is 0 Å². The first kappa shape index (κ1) is 21.7. The lowest BCUT2D eigenvalue weighted by atomic mass is 10.2. The zero-order valence-corrected chi connectivity index (χ0v) is 18.9. The third kappa shape index (κ3) is 4.89. The molecule has 1 amide bonds. The zero-order chi connectivity index (χ0) is 22.2. The van der Waals surface area contributed by atoms with E-state index in [-0.39, 0.29) is 24.0 Å². The highest BCUT2D eigenvalue weighted by Crippen LogP contribution is 2.47. The van der Waals surface area contributed by atoms with Crippen LogP contribution in [0.15, 0.2) is 40.8 Å². The van der Waals surface area contributed by atoms with Gasteiger partial charge in [0, 0.05) is 12.0 Å². The van der Waals surface area contributed by atoms with E-state index < -0.39 is 22.0 Å². The van der Waals surface area contributed by atoms with Gasteiger partial charge in [-0.3, -0.25) is 4.79 Å². The SMILES string of the molecule is COc1ccccc1OC(C)C(=O)N(Cc1ccc(C2CC2C)o1)C1CCS(=O)(=O)C1. The maximum Gasteiger partial charge on any atom is 0.264 e. The molecule has 1 aromatic heterocycles. The average Bonchev–Trinajstić information content (AvgIpc) is 3.12. The molecule has 2 aromatic rings. The van der Waals surface area contributed by atoms with Gasteiger partial charge in [-0.25, -0.2) is 8.42 Å². The van der Waals surface area contributed by atoms with E-state index in [9.17, 15) is 13.2 Å². The van der Waals surface area contributed by atoms with Gasteiger partial charge in [0.1, 0.15) is 11.5 Å². The van der Waals surface area contributed by atoms with Crippen molar-refractivity contribution >= 4 is 15.7 Å². The number of nitrogens with zero attached hydrogens (tertiary/aromatic N) is 1. The van der Waals surface area contributed by atoms with Crippen LogP contribution in [-0.2, 0) is 21.2 Å². The molecule has 2 aliphatic rings. The summed E-state index contributed by atoms with van der Waals surface area (Å²) in [5.74, 6) is 3.44. The van der Waals surface area contributed by atoms with Crippen molar-refractivity contribution in [3.63, 3.8) is 0 Å². The van der Waals surface area contributed by atoms with E-state index in [1.54, 1.807) is 37.1 Å². The molecule has 2 fully saturated rings. The number of rotatable bonds is 8. The predicted octanol–water partition coefficient (Wildman–Crippen LogP) is 3.39. The smallest absolute Gasteiger partial charge is 0.264 e. The van der Waals surface area contributed by atoms with Crippen LogP contribution in [0.1, 0.15) is 44.1 Å². The van der Waals surface area contributed by atoms with Crippen LogP contribution in [0.25, 0.3) is 0 Å². The Labute approximate surface area is 183 Å². The van der Waals surface area contributed by atoms with Gasteiger partial charge in [0.2, 0.25) is 0 Å². The Hall–Kier alpha value is -2.48. The van der Waals surface area contributed by atoms with Gasteiger partial charge in [-0.1, -0.05) is 19.1 Å². The summed E-state index contributed by atoms with van der Waals surface area (Å²) < 4.78 is 41.4. The van der Waals surface area contributed by atoms with Gasteiger partial charge in [0.25, 0.3) is 5.91 Å². The molecular formula is C23H29NO6S. The van der Waals surface area contributed by atoms with Crippen LogP contribution in [0.4, 0.5) is 0 Å². The number of amides is 1. The molecule has 0 radical (unpaired) electrons. The summed E-state index contributed by atoms with van der Waals surface area (Å²) >= 11 is 0. The summed E-state index contributed by atoms with van der Waals surface area (Å²) in [5.41, 5.74) is 0. The summed E-state index contributed by atoms with van der Waals surface area (Å²) in [6.07, 6.45) is 0.723. The number of hydrogen-bond donors (Lipinski definition) is 0. The summed E-state index contributed by atoms with van der Waals surface area (Å²) in [6.45, 7) is 4.08. The van der Waals surface area contributed by atoms with Crippen molar-refractivity contribution in [3.05, 3.63) is 47.9 Å². The number of benzene rings is 1.